The zero-order valence-electron chi connectivity index (χ0n) is 44.8. The molecule has 3 saturated heterocycles. The molecule has 3 aliphatic heterocycles. The molecule has 0 spiro atoms. The van der Waals surface area contributed by atoms with E-state index in [4.69, 9.17) is 10.5 Å². The van der Waals surface area contributed by atoms with Gasteiger partial charge in [-0.05, 0) is 184 Å². The highest BCUT2D eigenvalue weighted by molar-refractivity contribution is 7.89. The number of nitrogens with zero attached hydrogens (tertiary/aromatic N) is 7. The molecular weight excluding hydrogens is 911 g/mol. The highest BCUT2D eigenvalue weighted by atomic mass is 32.2. The molecule has 14 nitrogen and oxygen atoms in total. The average Bonchev–Trinajstić information content (AvgIpc) is 3.37. The number of ketones is 1. The standard InChI is InChI=1S/C28H41N3O4S.C14H23N3.C14H20N2O.H3N/c1-21-19-27(35-6)20-22(2)28(21)36(33,34)30(5)16-15-26(32)12-9-23-7-10-25(11-8-23)31-17-13-24(14-18-31)29(3)4;1-16(2)13-7-9-17(10-8-13)14-5-3-12(11-15)4-6-14;1-15(2)13-7-9-16(10-8-13)14-5-3-12(11-17)4-6-14;/h7-8,10-11,19-20,24H,9,12-18H2,1-6H3;3-6,13H,7-11,15H2,1-2H3;3-6,11,13H,7-10H2,1-2H3;1H3. The van der Waals surface area contributed by atoms with Crippen molar-refractivity contribution in [1.29, 1.82) is 0 Å². The lowest BCUT2D eigenvalue weighted by atomic mass is 10.0. The van der Waals surface area contributed by atoms with Gasteiger partial charge >= 0.3 is 0 Å². The van der Waals surface area contributed by atoms with Crippen LogP contribution in [0.15, 0.2) is 89.8 Å². The van der Waals surface area contributed by atoms with Crippen LogP contribution in [0.3, 0.4) is 0 Å². The molecule has 3 fully saturated rings. The van der Waals surface area contributed by atoms with Gasteiger partial charge in [0.05, 0.1) is 12.0 Å². The van der Waals surface area contributed by atoms with Crippen LogP contribution < -0.4 is 31.3 Å². The van der Waals surface area contributed by atoms with Crippen LogP contribution in [0.1, 0.15) is 84.0 Å². The van der Waals surface area contributed by atoms with E-state index in [0.717, 1.165) is 62.7 Å². The number of anilines is 3. The van der Waals surface area contributed by atoms with E-state index < -0.39 is 10.0 Å². The van der Waals surface area contributed by atoms with Gasteiger partial charge in [-0.1, -0.05) is 24.3 Å². The molecule has 0 unspecified atom stereocenters. The summed E-state index contributed by atoms with van der Waals surface area (Å²) >= 11 is 0. The molecule has 7 rings (SSSR count). The van der Waals surface area contributed by atoms with Gasteiger partial charge < -0.3 is 46.0 Å². The monoisotopic (exact) mass is 998 g/mol. The fourth-order valence-electron chi connectivity index (χ4n) is 9.80. The minimum atomic E-state index is -3.69. The van der Waals surface area contributed by atoms with E-state index in [2.05, 4.69) is 120 Å². The van der Waals surface area contributed by atoms with Crippen LogP contribution in [-0.2, 0) is 27.8 Å². The van der Waals surface area contributed by atoms with E-state index in [-0.39, 0.29) is 29.8 Å². The highest BCUT2D eigenvalue weighted by Gasteiger charge is 2.27. The lowest BCUT2D eigenvalue weighted by Gasteiger charge is -2.36. The van der Waals surface area contributed by atoms with E-state index in [9.17, 15) is 18.0 Å². The average molecular weight is 998 g/mol. The number of rotatable bonds is 17. The first-order valence-electron chi connectivity index (χ1n) is 25.2. The first-order chi connectivity index (χ1) is 33.4. The van der Waals surface area contributed by atoms with Crippen LogP contribution in [0.4, 0.5) is 17.1 Å². The molecule has 0 amide bonds. The Morgan fingerprint density at radius 1 is 0.620 bits per heavy atom. The van der Waals surface area contributed by atoms with E-state index in [1.54, 1.807) is 33.1 Å². The minimum Gasteiger partial charge on any atom is -0.497 e. The maximum atomic E-state index is 13.1. The SMILES string of the molecule is CN(C)C1CCN(c2ccc(C=O)cc2)CC1.CN(C)C1CCN(c2ccc(CN)cc2)CC1.COc1cc(C)c(S(=O)(=O)N(C)CCC(=O)CCc2ccc(N3CCC(N(C)C)CC3)cc2)c(C)c1.N. The molecule has 3 heterocycles. The van der Waals surface area contributed by atoms with Crippen molar-refractivity contribution in [1.82, 2.24) is 25.2 Å². The summed E-state index contributed by atoms with van der Waals surface area (Å²) in [7, 11) is 12.4. The number of hydrogen-bond donors (Lipinski definition) is 2. The molecule has 0 bridgehead atoms. The number of sulfonamides is 1. The normalized spacial score (nSPS) is 16.1. The number of ether oxygens (including phenoxy) is 1. The van der Waals surface area contributed by atoms with Gasteiger partial charge in [-0.3, -0.25) is 9.59 Å². The van der Waals surface area contributed by atoms with Crippen LogP contribution in [0, 0.1) is 13.8 Å². The predicted octanol–water partition coefficient (Wildman–Crippen LogP) is 7.92. The van der Waals surface area contributed by atoms with E-state index in [1.807, 2.05) is 24.3 Å². The third-order valence-corrected chi connectivity index (χ3v) is 16.7. The molecule has 15 heteroatoms. The topological polar surface area (TPSA) is 161 Å². The second kappa shape index (κ2) is 28.4. The summed E-state index contributed by atoms with van der Waals surface area (Å²) in [5.41, 5.74) is 13.8. The van der Waals surface area contributed by atoms with Crippen LogP contribution >= 0.6 is 0 Å². The van der Waals surface area contributed by atoms with E-state index in [0.29, 0.717) is 48.3 Å². The van der Waals surface area contributed by atoms with Crippen molar-refractivity contribution in [3.05, 3.63) is 113 Å². The quantitative estimate of drug-likeness (QED) is 0.0983. The number of methoxy groups -OCH3 is 1. The van der Waals surface area contributed by atoms with E-state index in [1.165, 1.54) is 72.5 Å². The highest BCUT2D eigenvalue weighted by Crippen LogP contribution is 2.29. The van der Waals surface area contributed by atoms with Gasteiger partial charge in [-0.25, -0.2) is 12.7 Å². The van der Waals surface area contributed by atoms with Crippen LogP contribution in [-0.4, -0.2) is 160 Å². The maximum Gasteiger partial charge on any atom is 0.243 e. The fourth-order valence-corrected chi connectivity index (χ4v) is 11.4. The molecule has 0 atom stereocenters. The number of Topliss-reactive ketones (excluding diaryl/α,β-unsaturated/α-hetero) is 1. The Labute approximate surface area is 427 Å². The molecule has 0 aromatic heterocycles. The van der Waals surface area contributed by atoms with Gasteiger partial charge in [0.15, 0.2) is 0 Å². The predicted molar refractivity (Wildman–Crippen MR) is 295 cm³/mol. The summed E-state index contributed by atoms with van der Waals surface area (Å²) in [6.45, 7) is 11.0. The number of nitrogens with two attached hydrogens (primary N) is 1. The lowest BCUT2D eigenvalue weighted by Crippen LogP contribution is -2.41. The first-order valence-corrected chi connectivity index (χ1v) is 26.7. The Bertz CT molecular complexity index is 2300. The molecule has 0 radical (unpaired) electrons. The second-order valence-electron chi connectivity index (χ2n) is 20.0. The number of carbonyl (C=O) groups is 2. The summed E-state index contributed by atoms with van der Waals surface area (Å²) in [5, 5.41) is 0. The van der Waals surface area contributed by atoms with Gasteiger partial charge in [0.25, 0.3) is 0 Å². The zero-order valence-corrected chi connectivity index (χ0v) is 45.6. The lowest BCUT2D eigenvalue weighted by molar-refractivity contribution is -0.119. The van der Waals surface area contributed by atoms with Crippen molar-refractivity contribution in [2.45, 2.75) is 101 Å². The third-order valence-electron chi connectivity index (χ3n) is 14.6. The number of hydrogen-bond acceptors (Lipinski definition) is 13. The minimum absolute atomic E-state index is 0. The van der Waals surface area contributed by atoms with Gasteiger partial charge in [-0.2, -0.15) is 0 Å². The molecular formula is C56H87N9O5S. The summed E-state index contributed by atoms with van der Waals surface area (Å²) in [6.07, 6.45) is 9.43. The maximum absolute atomic E-state index is 13.1. The largest absolute Gasteiger partial charge is 0.497 e. The van der Waals surface area contributed by atoms with Crippen molar-refractivity contribution in [2.24, 2.45) is 5.73 Å². The summed E-state index contributed by atoms with van der Waals surface area (Å²) < 4.78 is 32.8. The smallest absolute Gasteiger partial charge is 0.243 e. The zero-order chi connectivity index (χ0) is 51.0. The fraction of sp³-hybridized carbons (Fsp3) is 0.536. The Kier molecular flexibility index (Phi) is 23.5. The van der Waals surface area contributed by atoms with Crippen LogP contribution in [0.25, 0.3) is 0 Å². The Morgan fingerprint density at radius 2 is 0.986 bits per heavy atom. The third kappa shape index (κ3) is 17.1. The molecule has 4 aromatic carbocycles. The van der Waals surface area contributed by atoms with Gasteiger partial charge in [0.2, 0.25) is 10.0 Å². The molecule has 71 heavy (non-hydrogen) atoms. The molecule has 392 valence electrons. The Hall–Kier alpha value is -4.87. The Morgan fingerprint density at radius 3 is 1.32 bits per heavy atom. The van der Waals surface area contributed by atoms with Gasteiger partial charge in [-0.15, -0.1) is 0 Å². The number of aldehydes is 1. The van der Waals surface area contributed by atoms with Gasteiger partial charge in [0, 0.05) is 113 Å². The van der Waals surface area contributed by atoms with Crippen molar-refractivity contribution in [3.8, 4) is 5.75 Å². The summed E-state index contributed by atoms with van der Waals surface area (Å²) in [4.78, 5) is 37.7. The number of piperidine rings is 3. The molecule has 0 saturated carbocycles. The van der Waals surface area contributed by atoms with Crippen LogP contribution in [0.5, 0.6) is 5.75 Å². The van der Waals surface area contributed by atoms with Crippen molar-refractivity contribution in [2.75, 3.05) is 117 Å². The first kappa shape index (κ1) is 58.7. The van der Waals surface area contributed by atoms with Crippen molar-refractivity contribution < 1.29 is 22.7 Å². The molecule has 3 aliphatic rings. The number of carbonyl (C=O) groups excluding carboxylic acids is 2. The summed E-state index contributed by atoms with van der Waals surface area (Å²) in [6, 6.07) is 30.6. The summed E-state index contributed by atoms with van der Waals surface area (Å²) in [5.74, 6) is 0.693. The van der Waals surface area contributed by atoms with E-state index >= 15 is 0 Å². The van der Waals surface area contributed by atoms with Gasteiger partial charge in [0.1, 0.15) is 17.8 Å². The van der Waals surface area contributed by atoms with Crippen molar-refractivity contribution in [3.63, 3.8) is 0 Å². The van der Waals surface area contributed by atoms with Crippen molar-refractivity contribution >= 4 is 39.2 Å². The molecule has 5 N–H and O–H groups in total. The Balaban J connectivity index is 0.000000259. The second-order valence-corrected chi connectivity index (χ2v) is 22.0. The van der Waals surface area contributed by atoms with Crippen LogP contribution in [0.2, 0.25) is 0 Å². The number of benzene rings is 4. The molecule has 4 aromatic rings. The molecule has 0 aliphatic carbocycles. The number of aryl methyl sites for hydroxylation is 3.